The summed E-state index contributed by atoms with van der Waals surface area (Å²) < 4.78 is 36.9. The van der Waals surface area contributed by atoms with Crippen LogP contribution in [-0.2, 0) is 35.0 Å². The molecule has 9 heteroatoms. The predicted octanol–water partition coefficient (Wildman–Crippen LogP) is 2.69. The zero-order valence-electron chi connectivity index (χ0n) is 16.5. The Labute approximate surface area is 170 Å². The average Bonchev–Trinajstić information content (AvgIpc) is 3.08. The van der Waals surface area contributed by atoms with Crippen LogP contribution >= 0.6 is 11.3 Å². The Morgan fingerprint density at radius 3 is 2.68 bits per heavy atom. The Morgan fingerprint density at radius 2 is 2.04 bits per heavy atom. The van der Waals surface area contributed by atoms with E-state index in [0.29, 0.717) is 30.2 Å². The molecule has 2 aromatic rings. The van der Waals surface area contributed by atoms with E-state index in [0.717, 1.165) is 29.8 Å². The molecule has 0 unspecified atom stereocenters. The summed E-state index contributed by atoms with van der Waals surface area (Å²) in [6.07, 6.45) is 2.88. The Bertz CT molecular complexity index is 910. The molecule has 28 heavy (non-hydrogen) atoms. The first-order chi connectivity index (χ1) is 13.3. The van der Waals surface area contributed by atoms with Crippen LogP contribution in [0, 0.1) is 5.82 Å². The summed E-state index contributed by atoms with van der Waals surface area (Å²) in [7, 11) is -3.21. The van der Waals surface area contributed by atoms with Crippen molar-refractivity contribution in [3.63, 3.8) is 0 Å². The zero-order chi connectivity index (χ0) is 20.6. The molecule has 0 amide bonds. The van der Waals surface area contributed by atoms with Gasteiger partial charge in [-0.25, -0.2) is 22.8 Å². The summed E-state index contributed by atoms with van der Waals surface area (Å²) >= 11 is 1.66. The van der Waals surface area contributed by atoms with Crippen LogP contribution in [0.5, 0.6) is 0 Å². The Kier molecular flexibility index (Phi) is 8.37. The molecule has 0 fully saturated rings. The number of thiazole rings is 1. The van der Waals surface area contributed by atoms with Crippen molar-refractivity contribution in [2.24, 2.45) is 4.99 Å². The van der Waals surface area contributed by atoms with Crippen LogP contribution in [-0.4, -0.2) is 38.7 Å². The average molecular weight is 427 g/mol. The number of halogens is 1. The van der Waals surface area contributed by atoms with Crippen LogP contribution < -0.4 is 10.6 Å². The number of guanidine groups is 1. The van der Waals surface area contributed by atoms with Crippen molar-refractivity contribution in [3.8, 4) is 0 Å². The van der Waals surface area contributed by atoms with E-state index in [1.54, 1.807) is 11.3 Å². The fourth-order valence-corrected chi connectivity index (χ4v) is 4.23. The van der Waals surface area contributed by atoms with Crippen molar-refractivity contribution >= 4 is 27.1 Å². The molecule has 0 bridgehead atoms. The quantitative estimate of drug-likeness (QED) is 0.476. The highest BCUT2D eigenvalue weighted by Gasteiger charge is 2.11. The number of aliphatic imine (C=N–C) groups is 1. The van der Waals surface area contributed by atoms with Crippen molar-refractivity contribution < 1.29 is 12.8 Å². The molecule has 0 aliphatic carbocycles. The molecular formula is C19H27FN4O2S2. The van der Waals surface area contributed by atoms with Gasteiger partial charge in [0.15, 0.2) is 15.8 Å². The van der Waals surface area contributed by atoms with E-state index in [1.165, 1.54) is 18.2 Å². The molecule has 6 nitrogen and oxygen atoms in total. The number of benzene rings is 1. The maximum Gasteiger partial charge on any atom is 0.191 e. The molecule has 0 aliphatic heterocycles. The molecule has 0 atom stereocenters. The Morgan fingerprint density at radius 1 is 1.25 bits per heavy atom. The molecule has 154 valence electrons. The highest BCUT2D eigenvalue weighted by Crippen LogP contribution is 2.15. The summed E-state index contributed by atoms with van der Waals surface area (Å²) in [6, 6.07) is 4.12. The van der Waals surface area contributed by atoms with Crippen molar-refractivity contribution in [1.82, 2.24) is 15.6 Å². The number of sulfone groups is 1. The number of nitrogens with zero attached hydrogens (tertiary/aromatic N) is 2. The number of hydrogen-bond acceptors (Lipinski definition) is 5. The van der Waals surface area contributed by atoms with Crippen LogP contribution in [0.3, 0.4) is 0 Å². The minimum Gasteiger partial charge on any atom is -0.357 e. The Hall–Kier alpha value is -2.00. The summed E-state index contributed by atoms with van der Waals surface area (Å²) in [5.74, 6) is 0.0600. The van der Waals surface area contributed by atoms with Crippen LogP contribution in [0.15, 0.2) is 28.6 Å². The van der Waals surface area contributed by atoms with Crippen molar-refractivity contribution in [1.29, 1.82) is 0 Å². The molecule has 1 heterocycles. The lowest BCUT2D eigenvalue weighted by Gasteiger charge is -2.12. The summed E-state index contributed by atoms with van der Waals surface area (Å²) in [5, 5.41) is 9.58. The van der Waals surface area contributed by atoms with Gasteiger partial charge in [0, 0.05) is 31.1 Å². The lowest BCUT2D eigenvalue weighted by Crippen LogP contribution is -2.38. The van der Waals surface area contributed by atoms with Gasteiger partial charge in [0.05, 0.1) is 23.0 Å². The normalized spacial score (nSPS) is 12.2. The number of aryl methyl sites for hydroxylation is 1. The van der Waals surface area contributed by atoms with Crippen LogP contribution in [0.25, 0.3) is 0 Å². The van der Waals surface area contributed by atoms with E-state index in [1.807, 2.05) is 6.92 Å². The van der Waals surface area contributed by atoms with E-state index in [-0.39, 0.29) is 12.3 Å². The van der Waals surface area contributed by atoms with Crippen LogP contribution in [0.2, 0.25) is 0 Å². The topological polar surface area (TPSA) is 83.5 Å². The zero-order valence-corrected chi connectivity index (χ0v) is 18.1. The van der Waals surface area contributed by atoms with Gasteiger partial charge in [-0.2, -0.15) is 0 Å². The standard InChI is InChI=1S/C19H27FN4O2S2/c1-4-18-24-17(12-27-18)8-9-22-19(21-5-2)23-11-15-10-16(20)7-6-14(15)13-28(3,25)26/h6-7,10,12H,4-5,8-9,11,13H2,1-3H3,(H2,21,22,23). The number of hydrogen-bond donors (Lipinski definition) is 2. The molecule has 0 aliphatic rings. The van der Waals surface area contributed by atoms with Gasteiger partial charge in [0.2, 0.25) is 0 Å². The van der Waals surface area contributed by atoms with E-state index in [9.17, 15) is 12.8 Å². The van der Waals surface area contributed by atoms with E-state index in [4.69, 9.17) is 0 Å². The van der Waals surface area contributed by atoms with Gasteiger partial charge >= 0.3 is 0 Å². The van der Waals surface area contributed by atoms with Gasteiger partial charge in [0.25, 0.3) is 0 Å². The maximum absolute atomic E-state index is 13.6. The molecule has 1 aromatic carbocycles. The number of aromatic nitrogens is 1. The second kappa shape index (κ2) is 10.5. The van der Waals surface area contributed by atoms with Crippen LogP contribution in [0.4, 0.5) is 4.39 Å². The van der Waals surface area contributed by atoms with Crippen molar-refractivity contribution in [3.05, 3.63) is 51.2 Å². The minimum atomic E-state index is -3.21. The third-order valence-electron chi connectivity index (χ3n) is 3.91. The van der Waals surface area contributed by atoms with E-state index < -0.39 is 15.7 Å². The summed E-state index contributed by atoms with van der Waals surface area (Å²) in [4.78, 5) is 9.02. The summed E-state index contributed by atoms with van der Waals surface area (Å²) in [5.41, 5.74) is 2.18. The fraction of sp³-hybridized carbons (Fsp3) is 0.474. The maximum atomic E-state index is 13.6. The molecule has 0 radical (unpaired) electrons. The molecule has 1 aromatic heterocycles. The number of rotatable bonds is 9. The van der Waals surface area contributed by atoms with Gasteiger partial charge in [-0.3, -0.25) is 0 Å². The molecular weight excluding hydrogens is 399 g/mol. The van der Waals surface area contributed by atoms with Gasteiger partial charge in [0.1, 0.15) is 5.82 Å². The van der Waals surface area contributed by atoms with Crippen LogP contribution in [0.1, 0.15) is 35.7 Å². The fourth-order valence-electron chi connectivity index (χ4n) is 2.61. The van der Waals surface area contributed by atoms with Gasteiger partial charge < -0.3 is 10.6 Å². The SMILES string of the molecule is CCNC(=NCc1cc(F)ccc1CS(C)(=O)=O)NCCc1csc(CC)n1. The number of nitrogens with one attached hydrogen (secondary N) is 2. The molecule has 2 N–H and O–H groups in total. The van der Waals surface area contributed by atoms with Crippen molar-refractivity contribution in [2.45, 2.75) is 39.0 Å². The monoisotopic (exact) mass is 426 g/mol. The third-order valence-corrected chi connectivity index (χ3v) is 5.79. The van der Waals surface area contributed by atoms with Crippen molar-refractivity contribution in [2.75, 3.05) is 19.3 Å². The summed E-state index contributed by atoms with van der Waals surface area (Å²) in [6.45, 7) is 5.58. The lowest BCUT2D eigenvalue weighted by molar-refractivity contribution is 0.600. The van der Waals surface area contributed by atoms with Gasteiger partial charge in [-0.15, -0.1) is 11.3 Å². The molecule has 2 rings (SSSR count). The first-order valence-electron chi connectivity index (χ1n) is 9.21. The first-order valence-corrected chi connectivity index (χ1v) is 12.1. The molecule has 0 saturated carbocycles. The minimum absolute atomic E-state index is 0.133. The second-order valence-corrected chi connectivity index (χ2v) is 9.52. The Balaban J connectivity index is 2.04. The molecule has 0 saturated heterocycles. The lowest BCUT2D eigenvalue weighted by atomic mass is 10.1. The highest BCUT2D eigenvalue weighted by molar-refractivity contribution is 7.89. The highest BCUT2D eigenvalue weighted by atomic mass is 32.2. The molecule has 0 spiro atoms. The largest absolute Gasteiger partial charge is 0.357 e. The smallest absolute Gasteiger partial charge is 0.191 e. The van der Waals surface area contributed by atoms with Gasteiger partial charge in [-0.1, -0.05) is 13.0 Å². The van der Waals surface area contributed by atoms with Gasteiger partial charge in [-0.05, 0) is 36.6 Å². The predicted molar refractivity (Wildman–Crippen MR) is 113 cm³/mol. The first kappa shape index (κ1) is 22.3. The third kappa shape index (κ3) is 7.55. The second-order valence-electron chi connectivity index (χ2n) is 6.44. The van der Waals surface area contributed by atoms with E-state index >= 15 is 0 Å². The van der Waals surface area contributed by atoms with E-state index in [2.05, 4.69) is 32.9 Å².